The van der Waals surface area contributed by atoms with Gasteiger partial charge in [-0.25, -0.2) is 0 Å². The summed E-state index contributed by atoms with van der Waals surface area (Å²) in [6, 6.07) is 16.0. The molecule has 2 aromatic carbocycles. The van der Waals surface area contributed by atoms with E-state index < -0.39 is 0 Å². The van der Waals surface area contributed by atoms with E-state index in [2.05, 4.69) is 31.2 Å². The predicted molar refractivity (Wildman–Crippen MR) is 86.4 cm³/mol. The Kier molecular flexibility index (Phi) is 3.61. The molecule has 1 aliphatic heterocycles. The zero-order valence-electron chi connectivity index (χ0n) is 12.3. The summed E-state index contributed by atoms with van der Waals surface area (Å²) in [5, 5.41) is 12.1. The Balaban J connectivity index is 1.98. The molecule has 0 saturated heterocycles. The van der Waals surface area contributed by atoms with Crippen molar-refractivity contribution in [3.05, 3.63) is 76.3 Å². The van der Waals surface area contributed by atoms with Gasteiger partial charge in [-0.15, -0.1) is 0 Å². The number of fused-ring (bicyclic) bond motifs is 1. The van der Waals surface area contributed by atoms with E-state index in [4.69, 9.17) is 4.99 Å². The Morgan fingerprint density at radius 2 is 1.76 bits per heavy atom. The lowest BCUT2D eigenvalue weighted by Crippen LogP contribution is -2.37. The van der Waals surface area contributed by atoms with Crippen LogP contribution in [0, 0.1) is 12.8 Å². The Labute approximate surface area is 124 Å². The van der Waals surface area contributed by atoms with Crippen molar-refractivity contribution in [2.24, 2.45) is 10.9 Å². The van der Waals surface area contributed by atoms with Gasteiger partial charge in [-0.3, -0.25) is 4.99 Å². The molecule has 3 rings (SSSR count). The summed E-state index contributed by atoms with van der Waals surface area (Å²) < 4.78 is 0. The molecule has 1 heterocycles. The van der Waals surface area contributed by atoms with Crippen molar-refractivity contribution in [2.45, 2.75) is 19.9 Å². The molecular formula is C19H19NO. The first-order chi connectivity index (χ1) is 10.2. The maximum atomic E-state index is 10.4. The predicted octanol–water partition coefficient (Wildman–Crippen LogP) is 3.01. The zero-order valence-corrected chi connectivity index (χ0v) is 12.3. The lowest BCUT2D eigenvalue weighted by molar-refractivity contribution is 0.410. The van der Waals surface area contributed by atoms with Crippen LogP contribution in [0.1, 0.15) is 18.1 Å². The van der Waals surface area contributed by atoms with Crippen molar-refractivity contribution in [2.75, 3.05) is 0 Å². The molecule has 0 spiro atoms. The number of hydrogen-bond donors (Lipinski definition) is 1. The molecule has 2 unspecified atom stereocenters. The van der Waals surface area contributed by atoms with E-state index in [1.54, 1.807) is 0 Å². The summed E-state index contributed by atoms with van der Waals surface area (Å²) in [4.78, 5) is 4.75. The first kappa shape index (κ1) is 13.6. The van der Waals surface area contributed by atoms with Gasteiger partial charge in [0, 0.05) is 11.1 Å². The lowest BCUT2D eigenvalue weighted by Gasteiger charge is -2.20. The molecule has 0 radical (unpaired) electrons. The molecule has 0 amide bonds. The summed E-state index contributed by atoms with van der Waals surface area (Å²) in [5.41, 5.74) is 2.43. The number of aliphatic hydroxyl groups is 1. The highest BCUT2D eigenvalue weighted by molar-refractivity contribution is 5.55. The van der Waals surface area contributed by atoms with Gasteiger partial charge in [-0.1, -0.05) is 55.5 Å². The Morgan fingerprint density at radius 1 is 1.05 bits per heavy atom. The molecule has 0 fully saturated rings. The van der Waals surface area contributed by atoms with Crippen LogP contribution in [0.5, 0.6) is 0 Å². The van der Waals surface area contributed by atoms with Crippen LogP contribution in [0.25, 0.3) is 11.8 Å². The summed E-state index contributed by atoms with van der Waals surface area (Å²) in [6.07, 6.45) is 4.18. The van der Waals surface area contributed by atoms with Gasteiger partial charge in [0.2, 0.25) is 0 Å². The first-order valence-electron chi connectivity index (χ1n) is 7.26. The minimum absolute atomic E-state index is 0.000156. The third-order valence-electron chi connectivity index (χ3n) is 4.07. The quantitative estimate of drug-likeness (QED) is 0.899. The SMILES string of the molecule is Cc1ccccc1/C=C/C1N=c2ccccc2=C(O)C1C. The molecule has 0 aliphatic carbocycles. The molecule has 1 aliphatic rings. The fraction of sp³-hybridized carbons (Fsp3) is 0.211. The third-order valence-corrected chi connectivity index (χ3v) is 4.07. The van der Waals surface area contributed by atoms with E-state index in [0.717, 1.165) is 10.6 Å². The topological polar surface area (TPSA) is 32.6 Å². The van der Waals surface area contributed by atoms with Gasteiger partial charge in [-0.2, -0.15) is 0 Å². The lowest BCUT2D eigenvalue weighted by atomic mass is 9.94. The molecule has 106 valence electrons. The van der Waals surface area contributed by atoms with Crippen molar-refractivity contribution in [1.29, 1.82) is 0 Å². The van der Waals surface area contributed by atoms with Crippen molar-refractivity contribution in [3.8, 4) is 0 Å². The largest absolute Gasteiger partial charge is 0.511 e. The highest BCUT2D eigenvalue weighted by Gasteiger charge is 2.21. The fourth-order valence-electron chi connectivity index (χ4n) is 2.67. The van der Waals surface area contributed by atoms with Crippen LogP contribution in [-0.4, -0.2) is 11.1 Å². The number of nitrogens with zero attached hydrogens (tertiary/aromatic N) is 1. The standard InChI is InChI=1S/C19H19NO/c1-13-7-3-4-8-15(13)11-12-17-14(2)19(21)16-9-5-6-10-18(16)20-17/h3-12,14,17,21H,1-2H3/b12-11+. The van der Waals surface area contributed by atoms with Crippen LogP contribution in [0.4, 0.5) is 0 Å². The van der Waals surface area contributed by atoms with Crippen molar-refractivity contribution in [1.82, 2.24) is 0 Å². The molecule has 2 aromatic rings. The van der Waals surface area contributed by atoms with Gasteiger partial charge in [0.25, 0.3) is 0 Å². The van der Waals surface area contributed by atoms with Crippen LogP contribution in [-0.2, 0) is 0 Å². The molecule has 0 aromatic heterocycles. The molecule has 1 N–H and O–H groups in total. The number of hydrogen-bond acceptors (Lipinski definition) is 2. The van der Waals surface area contributed by atoms with E-state index in [1.165, 1.54) is 11.1 Å². The molecule has 2 nitrogen and oxygen atoms in total. The van der Waals surface area contributed by atoms with Gasteiger partial charge in [0.1, 0.15) is 5.76 Å². The number of aryl methyl sites for hydroxylation is 1. The average molecular weight is 277 g/mol. The Morgan fingerprint density at radius 3 is 2.57 bits per heavy atom. The molecule has 2 heteroatoms. The van der Waals surface area contributed by atoms with Gasteiger partial charge in [0.05, 0.1) is 11.4 Å². The Hall–Kier alpha value is -2.35. The number of benzene rings is 2. The normalized spacial score (nSPS) is 21.1. The van der Waals surface area contributed by atoms with E-state index in [9.17, 15) is 5.11 Å². The number of para-hydroxylation sites is 1. The minimum atomic E-state index is -0.0282. The zero-order chi connectivity index (χ0) is 14.8. The van der Waals surface area contributed by atoms with E-state index in [1.807, 2.05) is 43.3 Å². The maximum absolute atomic E-state index is 10.4. The monoisotopic (exact) mass is 277 g/mol. The molecule has 2 atom stereocenters. The first-order valence-corrected chi connectivity index (χ1v) is 7.26. The van der Waals surface area contributed by atoms with Crippen molar-refractivity contribution >= 4 is 11.8 Å². The second-order valence-corrected chi connectivity index (χ2v) is 5.53. The van der Waals surface area contributed by atoms with Crippen LogP contribution in [0.2, 0.25) is 0 Å². The second-order valence-electron chi connectivity index (χ2n) is 5.53. The molecule has 21 heavy (non-hydrogen) atoms. The smallest absolute Gasteiger partial charge is 0.107 e. The highest BCUT2D eigenvalue weighted by atomic mass is 16.3. The molecular weight excluding hydrogens is 258 g/mol. The highest BCUT2D eigenvalue weighted by Crippen LogP contribution is 2.19. The van der Waals surface area contributed by atoms with Crippen LogP contribution >= 0.6 is 0 Å². The summed E-state index contributed by atoms with van der Waals surface area (Å²) in [6.45, 7) is 4.11. The van der Waals surface area contributed by atoms with E-state index >= 15 is 0 Å². The van der Waals surface area contributed by atoms with Gasteiger partial charge < -0.3 is 5.11 Å². The summed E-state index contributed by atoms with van der Waals surface area (Å²) in [5.74, 6) is 0.431. The van der Waals surface area contributed by atoms with Gasteiger partial charge >= 0.3 is 0 Å². The van der Waals surface area contributed by atoms with Gasteiger partial charge in [-0.05, 0) is 30.2 Å². The molecule has 0 saturated carbocycles. The van der Waals surface area contributed by atoms with Crippen molar-refractivity contribution < 1.29 is 5.11 Å². The summed E-state index contributed by atoms with van der Waals surface area (Å²) in [7, 11) is 0. The van der Waals surface area contributed by atoms with Crippen LogP contribution in [0.3, 0.4) is 0 Å². The van der Waals surface area contributed by atoms with Crippen molar-refractivity contribution in [3.63, 3.8) is 0 Å². The number of aliphatic hydroxyl groups excluding tert-OH is 1. The second kappa shape index (κ2) is 5.57. The van der Waals surface area contributed by atoms with Crippen LogP contribution in [0.15, 0.2) is 59.6 Å². The van der Waals surface area contributed by atoms with E-state index in [-0.39, 0.29) is 12.0 Å². The number of rotatable bonds is 2. The third kappa shape index (κ3) is 2.62. The van der Waals surface area contributed by atoms with E-state index in [0.29, 0.717) is 5.76 Å². The Bertz CT molecular complexity index is 804. The fourth-order valence-corrected chi connectivity index (χ4v) is 2.67. The maximum Gasteiger partial charge on any atom is 0.107 e. The summed E-state index contributed by atoms with van der Waals surface area (Å²) >= 11 is 0. The minimum Gasteiger partial charge on any atom is -0.511 e. The van der Waals surface area contributed by atoms with Gasteiger partial charge in [0.15, 0.2) is 0 Å². The average Bonchev–Trinajstić information content (AvgIpc) is 2.51. The van der Waals surface area contributed by atoms with Crippen LogP contribution < -0.4 is 10.6 Å². The molecule has 0 bridgehead atoms.